The van der Waals surface area contributed by atoms with E-state index in [2.05, 4.69) is 24.0 Å². The third kappa shape index (κ3) is 2.16. The van der Waals surface area contributed by atoms with Crippen LogP contribution in [0.15, 0.2) is 4.52 Å². The van der Waals surface area contributed by atoms with Crippen molar-refractivity contribution in [1.82, 2.24) is 10.1 Å². The first kappa shape index (κ1) is 12.7. The molecule has 0 radical (unpaired) electrons. The summed E-state index contributed by atoms with van der Waals surface area (Å²) in [5, 5.41) is 4.92. The van der Waals surface area contributed by atoms with Gasteiger partial charge in [0, 0.05) is 10.8 Å². The first-order valence-electron chi connectivity index (χ1n) is 6.94. The molecular formula is C14H19N3OS. The van der Waals surface area contributed by atoms with E-state index < -0.39 is 0 Å². The Kier molecular flexibility index (Phi) is 3.31. The molecule has 1 aliphatic carbocycles. The number of thiophene rings is 1. The maximum absolute atomic E-state index is 6.16. The van der Waals surface area contributed by atoms with Crippen LogP contribution in [0.25, 0.3) is 11.5 Å². The Balaban J connectivity index is 2.02. The number of rotatable bonds is 3. The molecule has 0 aromatic carbocycles. The average molecular weight is 277 g/mol. The maximum atomic E-state index is 6.16. The lowest BCUT2D eigenvalue weighted by atomic mass is 9.95. The number of anilines is 1. The molecule has 1 atom stereocenters. The van der Waals surface area contributed by atoms with E-state index in [0.29, 0.717) is 11.8 Å². The number of aryl methyl sites for hydroxylation is 1. The second-order valence-electron chi connectivity index (χ2n) is 5.22. The zero-order valence-electron chi connectivity index (χ0n) is 11.4. The number of aromatic nitrogens is 2. The number of hydrogen-bond donors (Lipinski definition) is 1. The molecule has 0 amide bonds. The highest BCUT2D eigenvalue weighted by Gasteiger charge is 2.24. The van der Waals surface area contributed by atoms with Crippen molar-refractivity contribution in [3.63, 3.8) is 0 Å². The third-order valence-electron chi connectivity index (χ3n) is 3.91. The Morgan fingerprint density at radius 2 is 2.16 bits per heavy atom. The molecule has 5 heteroatoms. The fourth-order valence-corrected chi connectivity index (χ4v) is 3.69. The van der Waals surface area contributed by atoms with E-state index in [0.717, 1.165) is 35.7 Å². The van der Waals surface area contributed by atoms with Crippen LogP contribution in [0.5, 0.6) is 0 Å². The van der Waals surface area contributed by atoms with E-state index in [4.69, 9.17) is 10.3 Å². The van der Waals surface area contributed by atoms with E-state index in [1.54, 1.807) is 11.3 Å². The highest BCUT2D eigenvalue weighted by atomic mass is 32.1. The molecular weight excluding hydrogens is 258 g/mol. The largest absolute Gasteiger partial charge is 0.390 e. The molecule has 1 aliphatic rings. The summed E-state index contributed by atoms with van der Waals surface area (Å²) in [6.07, 6.45) is 5.71. The van der Waals surface area contributed by atoms with Gasteiger partial charge in [-0.3, -0.25) is 0 Å². The molecule has 4 nitrogen and oxygen atoms in total. The van der Waals surface area contributed by atoms with Crippen molar-refractivity contribution < 1.29 is 4.52 Å². The van der Waals surface area contributed by atoms with Gasteiger partial charge >= 0.3 is 0 Å². The summed E-state index contributed by atoms with van der Waals surface area (Å²) in [6.45, 7) is 4.24. The summed E-state index contributed by atoms with van der Waals surface area (Å²) >= 11 is 1.69. The molecule has 2 heterocycles. The number of nitrogens with two attached hydrogens (primary N) is 1. The summed E-state index contributed by atoms with van der Waals surface area (Å²) < 4.78 is 5.44. The molecule has 0 fully saturated rings. The Hall–Kier alpha value is -1.36. The molecule has 2 N–H and O–H groups in total. The van der Waals surface area contributed by atoms with Crippen LogP contribution >= 0.6 is 11.3 Å². The lowest BCUT2D eigenvalue weighted by Gasteiger charge is -2.10. The third-order valence-corrected chi connectivity index (χ3v) is 5.03. The van der Waals surface area contributed by atoms with Crippen LogP contribution in [0.3, 0.4) is 0 Å². The number of hydrogen-bond acceptors (Lipinski definition) is 5. The van der Waals surface area contributed by atoms with Gasteiger partial charge < -0.3 is 10.3 Å². The lowest BCUT2D eigenvalue weighted by Crippen LogP contribution is -2.00. The van der Waals surface area contributed by atoms with Crippen molar-refractivity contribution in [1.29, 1.82) is 0 Å². The zero-order valence-corrected chi connectivity index (χ0v) is 12.2. The van der Waals surface area contributed by atoms with E-state index in [9.17, 15) is 0 Å². The summed E-state index contributed by atoms with van der Waals surface area (Å²) in [4.78, 5) is 5.95. The molecule has 0 saturated heterocycles. The van der Waals surface area contributed by atoms with Gasteiger partial charge in [-0.05, 0) is 37.7 Å². The monoisotopic (exact) mass is 277 g/mol. The molecule has 2 aromatic heterocycles. The van der Waals surface area contributed by atoms with Crippen LogP contribution in [0, 0.1) is 0 Å². The lowest BCUT2D eigenvalue weighted by molar-refractivity contribution is 0.416. The topological polar surface area (TPSA) is 64.9 Å². The van der Waals surface area contributed by atoms with E-state index >= 15 is 0 Å². The number of nitrogens with zero attached hydrogens (tertiary/aromatic N) is 2. The second-order valence-corrected chi connectivity index (χ2v) is 6.35. The Labute approximate surface area is 117 Å². The zero-order chi connectivity index (χ0) is 13.4. The fraction of sp³-hybridized carbons (Fsp3) is 0.571. The van der Waals surface area contributed by atoms with Gasteiger partial charge in [0.1, 0.15) is 0 Å². The van der Waals surface area contributed by atoms with Gasteiger partial charge in [-0.15, -0.1) is 11.3 Å². The van der Waals surface area contributed by atoms with Gasteiger partial charge in [-0.1, -0.05) is 19.0 Å². The first-order valence-corrected chi connectivity index (χ1v) is 7.76. The van der Waals surface area contributed by atoms with Crippen molar-refractivity contribution in [2.45, 2.75) is 51.9 Å². The number of nitrogen functional groups attached to an aromatic ring is 1. The van der Waals surface area contributed by atoms with Crippen molar-refractivity contribution in [3.05, 3.63) is 16.3 Å². The summed E-state index contributed by atoms with van der Waals surface area (Å²) in [7, 11) is 0. The molecule has 1 unspecified atom stereocenters. The molecule has 3 rings (SSSR count). The maximum Gasteiger partial charge on any atom is 0.261 e. The number of fused-ring (bicyclic) bond motifs is 1. The van der Waals surface area contributed by atoms with Gasteiger partial charge in [0.15, 0.2) is 5.82 Å². The van der Waals surface area contributed by atoms with Crippen LogP contribution in [0.4, 0.5) is 5.00 Å². The normalized spacial score (nSPS) is 16.3. The van der Waals surface area contributed by atoms with Crippen LogP contribution in [-0.4, -0.2) is 10.1 Å². The van der Waals surface area contributed by atoms with Crippen molar-refractivity contribution in [3.8, 4) is 11.5 Å². The highest BCUT2D eigenvalue weighted by molar-refractivity contribution is 7.16. The molecule has 102 valence electrons. The molecule has 0 spiro atoms. The van der Waals surface area contributed by atoms with Crippen molar-refractivity contribution >= 4 is 16.3 Å². The van der Waals surface area contributed by atoms with Crippen LogP contribution < -0.4 is 5.73 Å². The molecule has 19 heavy (non-hydrogen) atoms. The molecule has 0 bridgehead atoms. The van der Waals surface area contributed by atoms with Gasteiger partial charge in [-0.2, -0.15) is 4.98 Å². The molecule has 2 aromatic rings. The van der Waals surface area contributed by atoms with E-state index in [-0.39, 0.29) is 0 Å². The van der Waals surface area contributed by atoms with Crippen molar-refractivity contribution in [2.75, 3.05) is 5.73 Å². The minimum absolute atomic E-state index is 0.327. The van der Waals surface area contributed by atoms with Crippen LogP contribution in [0.2, 0.25) is 0 Å². The Morgan fingerprint density at radius 3 is 2.95 bits per heavy atom. The van der Waals surface area contributed by atoms with Crippen LogP contribution in [0.1, 0.15) is 55.3 Å². The van der Waals surface area contributed by atoms with E-state index in [1.165, 1.54) is 23.3 Å². The first-order chi connectivity index (χ1) is 9.20. The Morgan fingerprint density at radius 1 is 1.37 bits per heavy atom. The quantitative estimate of drug-likeness (QED) is 0.927. The Bertz CT molecular complexity index is 588. The van der Waals surface area contributed by atoms with Gasteiger partial charge in [-0.25, -0.2) is 0 Å². The predicted octanol–water partition coefficient (Wildman–Crippen LogP) is 3.77. The van der Waals surface area contributed by atoms with Gasteiger partial charge in [0.05, 0.1) is 10.6 Å². The minimum Gasteiger partial charge on any atom is -0.390 e. The van der Waals surface area contributed by atoms with E-state index in [1.807, 2.05) is 0 Å². The standard InChI is InChI=1S/C14H19N3OS/c1-3-8(2)13-16-14(18-17-13)11-9-6-4-5-7-10(9)19-12(11)15/h8H,3-7,15H2,1-2H3. The summed E-state index contributed by atoms with van der Waals surface area (Å²) in [5.41, 5.74) is 8.50. The smallest absolute Gasteiger partial charge is 0.261 e. The fourth-order valence-electron chi connectivity index (χ4n) is 2.54. The SMILES string of the molecule is CCC(C)c1noc(-c2c(N)sc3c2CCCC3)n1. The van der Waals surface area contributed by atoms with Crippen LogP contribution in [-0.2, 0) is 12.8 Å². The van der Waals surface area contributed by atoms with Crippen molar-refractivity contribution in [2.24, 2.45) is 0 Å². The van der Waals surface area contributed by atoms with Gasteiger partial charge in [0.25, 0.3) is 5.89 Å². The highest BCUT2D eigenvalue weighted by Crippen LogP contribution is 2.42. The molecule has 0 aliphatic heterocycles. The average Bonchev–Trinajstić information content (AvgIpc) is 3.00. The second kappa shape index (κ2) is 4.96. The minimum atomic E-state index is 0.327. The molecule has 0 saturated carbocycles. The summed E-state index contributed by atoms with van der Waals surface area (Å²) in [6, 6.07) is 0. The summed E-state index contributed by atoms with van der Waals surface area (Å²) in [5.74, 6) is 1.72. The predicted molar refractivity (Wildman–Crippen MR) is 77.4 cm³/mol. The van der Waals surface area contributed by atoms with Gasteiger partial charge in [0.2, 0.25) is 0 Å².